The molecule has 7 nitrogen and oxygen atoms in total. The van der Waals surface area contributed by atoms with Crippen molar-refractivity contribution in [1.29, 1.82) is 0 Å². The highest BCUT2D eigenvalue weighted by molar-refractivity contribution is 7.91. The number of carbonyl (C=O) groups is 1. The molecule has 1 N–H and O–H groups in total. The molecule has 0 bridgehead atoms. The molecule has 8 heteroatoms. The van der Waals surface area contributed by atoms with Crippen molar-refractivity contribution < 1.29 is 18.3 Å². The van der Waals surface area contributed by atoms with Crippen LogP contribution in [-0.2, 0) is 27.6 Å². The summed E-state index contributed by atoms with van der Waals surface area (Å²) in [6, 6.07) is 0. The monoisotopic (exact) mass is 261 g/mol. The van der Waals surface area contributed by atoms with Gasteiger partial charge in [-0.1, -0.05) is 5.21 Å². The Bertz CT molecular complexity index is 492. The van der Waals surface area contributed by atoms with Gasteiger partial charge in [-0.15, -0.1) is 5.10 Å². The van der Waals surface area contributed by atoms with Gasteiger partial charge in [0, 0.05) is 6.20 Å². The van der Waals surface area contributed by atoms with Crippen LogP contribution in [0.3, 0.4) is 0 Å². The first-order valence-electron chi connectivity index (χ1n) is 5.13. The number of rotatable bonds is 6. The molecule has 96 valence electrons. The maximum Gasteiger partial charge on any atom is 0.309 e. The van der Waals surface area contributed by atoms with Crippen LogP contribution in [0.5, 0.6) is 0 Å². The number of hydrogen-bond donors (Lipinski definition) is 1. The quantitative estimate of drug-likeness (QED) is 0.756. The second-order valence-electron chi connectivity index (χ2n) is 3.96. The molecule has 1 aromatic rings. The lowest BCUT2D eigenvalue weighted by atomic mass is 10.3. The summed E-state index contributed by atoms with van der Waals surface area (Å²) in [6.07, 6.45) is 1.24. The zero-order valence-electron chi connectivity index (χ0n) is 9.70. The summed E-state index contributed by atoms with van der Waals surface area (Å²) >= 11 is 0. The molecule has 0 aliphatic carbocycles. The van der Waals surface area contributed by atoms with E-state index in [4.69, 9.17) is 5.11 Å². The van der Waals surface area contributed by atoms with Crippen molar-refractivity contribution in [3.05, 3.63) is 11.9 Å². The summed E-state index contributed by atoms with van der Waals surface area (Å²) in [7, 11) is -3.12. The van der Waals surface area contributed by atoms with Gasteiger partial charge in [-0.3, -0.25) is 9.48 Å². The van der Waals surface area contributed by atoms with E-state index in [1.54, 1.807) is 13.8 Å². The minimum absolute atomic E-state index is 0.0272. The molecule has 0 saturated carbocycles. The highest BCUT2D eigenvalue weighted by Gasteiger charge is 2.16. The number of sulfone groups is 1. The summed E-state index contributed by atoms with van der Waals surface area (Å²) < 4.78 is 24.4. The average molecular weight is 261 g/mol. The highest BCUT2D eigenvalue weighted by atomic mass is 32.2. The molecular weight excluding hydrogens is 246 g/mol. The van der Waals surface area contributed by atoms with Crippen molar-refractivity contribution in [2.45, 2.75) is 32.1 Å². The van der Waals surface area contributed by atoms with Gasteiger partial charge >= 0.3 is 5.97 Å². The minimum atomic E-state index is -3.12. The summed E-state index contributed by atoms with van der Waals surface area (Å²) in [5.41, 5.74) is 0.319. The molecule has 0 unspecified atom stereocenters. The number of nitrogens with zero attached hydrogens (tertiary/aromatic N) is 3. The highest BCUT2D eigenvalue weighted by Crippen LogP contribution is 2.02. The molecule has 1 rings (SSSR count). The fourth-order valence-electron chi connectivity index (χ4n) is 1.14. The average Bonchev–Trinajstić information content (AvgIpc) is 2.61. The fourth-order valence-corrected chi connectivity index (χ4v) is 2.05. The van der Waals surface area contributed by atoms with E-state index in [1.165, 1.54) is 10.9 Å². The smallest absolute Gasteiger partial charge is 0.309 e. The SMILES string of the molecule is CC(C)S(=O)(=O)CCn1cc(CC(=O)O)nn1. The van der Waals surface area contributed by atoms with Crippen LogP contribution in [-0.4, -0.2) is 45.5 Å². The molecule has 0 aliphatic rings. The standard InChI is InChI=1S/C9H15N3O4S/c1-7(2)17(15,16)4-3-12-6-8(10-11-12)5-9(13)14/h6-7H,3-5H2,1-2H3,(H,13,14). The van der Waals surface area contributed by atoms with Crippen molar-refractivity contribution in [2.75, 3.05) is 5.75 Å². The Kier molecular flexibility index (Phi) is 4.22. The number of aromatic nitrogens is 3. The molecule has 1 heterocycles. The van der Waals surface area contributed by atoms with Gasteiger partial charge in [0.05, 0.1) is 29.7 Å². The molecule has 0 fully saturated rings. The van der Waals surface area contributed by atoms with Crippen LogP contribution in [0.1, 0.15) is 19.5 Å². The van der Waals surface area contributed by atoms with E-state index >= 15 is 0 Å². The van der Waals surface area contributed by atoms with Gasteiger partial charge in [0.25, 0.3) is 0 Å². The first-order chi connectivity index (χ1) is 7.81. The Hall–Kier alpha value is -1.44. The lowest BCUT2D eigenvalue weighted by Gasteiger charge is -2.06. The fraction of sp³-hybridized carbons (Fsp3) is 0.667. The van der Waals surface area contributed by atoms with E-state index in [0.717, 1.165) is 0 Å². The minimum Gasteiger partial charge on any atom is -0.481 e. The maximum absolute atomic E-state index is 11.5. The van der Waals surface area contributed by atoms with Gasteiger partial charge in [-0.05, 0) is 13.8 Å². The zero-order chi connectivity index (χ0) is 13.1. The molecular formula is C9H15N3O4S. The van der Waals surface area contributed by atoms with Crippen molar-refractivity contribution in [3.63, 3.8) is 0 Å². The summed E-state index contributed by atoms with van der Waals surface area (Å²) in [4.78, 5) is 10.4. The van der Waals surface area contributed by atoms with E-state index < -0.39 is 21.1 Å². The second kappa shape index (κ2) is 5.26. The third-order valence-corrected chi connectivity index (χ3v) is 4.43. The molecule has 0 amide bonds. The predicted molar refractivity (Wildman–Crippen MR) is 60.3 cm³/mol. The Morgan fingerprint density at radius 3 is 2.71 bits per heavy atom. The molecule has 1 aromatic heterocycles. The molecule has 0 spiro atoms. The van der Waals surface area contributed by atoms with Crippen molar-refractivity contribution in [2.24, 2.45) is 0 Å². The van der Waals surface area contributed by atoms with Gasteiger partial charge in [0.2, 0.25) is 0 Å². The number of aryl methyl sites for hydroxylation is 1. The Morgan fingerprint density at radius 2 is 2.18 bits per heavy atom. The van der Waals surface area contributed by atoms with Crippen LogP contribution in [0.4, 0.5) is 0 Å². The number of carboxylic acids is 1. The number of aliphatic carboxylic acids is 1. The number of hydrogen-bond acceptors (Lipinski definition) is 5. The molecule has 17 heavy (non-hydrogen) atoms. The lowest BCUT2D eigenvalue weighted by molar-refractivity contribution is -0.136. The summed E-state index contributed by atoms with van der Waals surface area (Å²) in [5, 5.41) is 15.4. The van der Waals surface area contributed by atoms with Gasteiger partial charge in [-0.25, -0.2) is 8.42 Å². The van der Waals surface area contributed by atoms with Crippen LogP contribution in [0.25, 0.3) is 0 Å². The van der Waals surface area contributed by atoms with E-state index in [-0.39, 0.29) is 18.7 Å². The third kappa shape index (κ3) is 4.14. The largest absolute Gasteiger partial charge is 0.481 e. The Labute approximate surface area is 99.4 Å². The van der Waals surface area contributed by atoms with Gasteiger partial charge < -0.3 is 5.11 Å². The van der Waals surface area contributed by atoms with Crippen LogP contribution in [0.15, 0.2) is 6.20 Å². The van der Waals surface area contributed by atoms with Crippen molar-refractivity contribution in [1.82, 2.24) is 15.0 Å². The third-order valence-electron chi connectivity index (χ3n) is 2.24. The zero-order valence-corrected chi connectivity index (χ0v) is 10.5. The molecule has 0 saturated heterocycles. The molecule has 0 atom stereocenters. The topological polar surface area (TPSA) is 102 Å². The Balaban J connectivity index is 2.59. The van der Waals surface area contributed by atoms with E-state index in [1.807, 2.05) is 0 Å². The van der Waals surface area contributed by atoms with Gasteiger partial charge in [0.15, 0.2) is 9.84 Å². The van der Waals surface area contributed by atoms with E-state index in [0.29, 0.717) is 5.69 Å². The number of carboxylic acid groups (broad SMARTS) is 1. The molecule has 0 aromatic carbocycles. The lowest BCUT2D eigenvalue weighted by Crippen LogP contribution is -2.21. The van der Waals surface area contributed by atoms with E-state index in [9.17, 15) is 13.2 Å². The Morgan fingerprint density at radius 1 is 1.53 bits per heavy atom. The van der Waals surface area contributed by atoms with Crippen LogP contribution in [0, 0.1) is 0 Å². The normalized spacial score (nSPS) is 11.9. The van der Waals surface area contributed by atoms with Crippen molar-refractivity contribution >= 4 is 15.8 Å². The van der Waals surface area contributed by atoms with Gasteiger partial charge in [-0.2, -0.15) is 0 Å². The maximum atomic E-state index is 11.5. The van der Waals surface area contributed by atoms with Crippen molar-refractivity contribution in [3.8, 4) is 0 Å². The second-order valence-corrected chi connectivity index (χ2v) is 6.64. The summed E-state index contributed by atoms with van der Waals surface area (Å²) in [6.45, 7) is 3.42. The first kappa shape index (κ1) is 13.6. The predicted octanol–water partition coefficient (Wildman–Crippen LogP) is -0.272. The van der Waals surface area contributed by atoms with Crippen LogP contribution in [0.2, 0.25) is 0 Å². The first-order valence-corrected chi connectivity index (χ1v) is 6.85. The molecule has 0 aliphatic heterocycles. The van der Waals surface area contributed by atoms with E-state index in [2.05, 4.69) is 10.3 Å². The molecule has 0 radical (unpaired) electrons. The summed E-state index contributed by atoms with van der Waals surface area (Å²) in [5.74, 6) is -1.02. The van der Waals surface area contributed by atoms with Crippen LogP contribution >= 0.6 is 0 Å². The van der Waals surface area contributed by atoms with Crippen LogP contribution < -0.4 is 0 Å². The van der Waals surface area contributed by atoms with Gasteiger partial charge in [0.1, 0.15) is 0 Å².